The van der Waals surface area contributed by atoms with Gasteiger partial charge in [-0.2, -0.15) is 5.26 Å². The van der Waals surface area contributed by atoms with Crippen molar-refractivity contribution in [3.8, 4) is 11.8 Å². The van der Waals surface area contributed by atoms with E-state index in [9.17, 15) is 18.4 Å². The Balaban J connectivity index is 2.24. The van der Waals surface area contributed by atoms with Crippen LogP contribution < -0.4 is 10.1 Å². The van der Waals surface area contributed by atoms with Gasteiger partial charge in [0, 0.05) is 17.8 Å². The van der Waals surface area contributed by atoms with Gasteiger partial charge in [0.2, 0.25) is 0 Å². The van der Waals surface area contributed by atoms with E-state index in [1.54, 1.807) is 26.0 Å². The molecule has 120 valence electrons. The molecule has 7 heteroatoms. The van der Waals surface area contributed by atoms with Crippen LogP contribution in [0.2, 0.25) is 0 Å². The number of ether oxygens (including phenoxy) is 1. The Morgan fingerprint density at radius 1 is 1.26 bits per heavy atom. The maximum Gasteiger partial charge on any atom is 0.573 e. The minimum absolute atomic E-state index is 0.0871. The van der Waals surface area contributed by atoms with Gasteiger partial charge < -0.3 is 10.1 Å². The van der Waals surface area contributed by atoms with E-state index >= 15 is 0 Å². The smallest absolute Gasteiger partial charge is 0.405 e. The summed E-state index contributed by atoms with van der Waals surface area (Å²) in [5.41, 5.74) is 2.50. The predicted octanol–water partition coefficient (Wildman–Crippen LogP) is 4.08. The highest BCUT2D eigenvalue weighted by Crippen LogP contribution is 2.27. The van der Waals surface area contributed by atoms with Gasteiger partial charge in [-0.25, -0.2) is 0 Å². The molecule has 0 atom stereocenters. The van der Waals surface area contributed by atoms with Crippen LogP contribution in [-0.4, -0.2) is 11.3 Å². The van der Waals surface area contributed by atoms with Crippen molar-refractivity contribution < 1.29 is 17.9 Å². The molecule has 1 N–H and O–H groups in total. The van der Waals surface area contributed by atoms with Gasteiger partial charge in [-0.15, -0.1) is 13.2 Å². The van der Waals surface area contributed by atoms with Crippen LogP contribution in [0.1, 0.15) is 22.5 Å². The van der Waals surface area contributed by atoms with E-state index in [1.807, 2.05) is 6.07 Å². The van der Waals surface area contributed by atoms with Crippen LogP contribution in [0.4, 0.5) is 18.9 Å². The summed E-state index contributed by atoms with van der Waals surface area (Å²) in [5.74, 6) is -0.270. The number of aromatic nitrogens is 1. The predicted molar refractivity (Wildman–Crippen MR) is 78.9 cm³/mol. The highest BCUT2D eigenvalue weighted by atomic mass is 19.4. The molecule has 2 aromatic rings. The molecule has 0 aliphatic rings. The number of rotatable bonds is 4. The summed E-state index contributed by atoms with van der Waals surface area (Å²) < 4.78 is 41.3. The van der Waals surface area contributed by atoms with Gasteiger partial charge in [-0.3, -0.25) is 4.98 Å². The highest BCUT2D eigenvalue weighted by molar-refractivity contribution is 5.60. The normalized spacial score (nSPS) is 11.0. The molecule has 0 saturated heterocycles. The molecule has 1 aromatic carbocycles. The Morgan fingerprint density at radius 3 is 2.61 bits per heavy atom. The van der Waals surface area contributed by atoms with Crippen molar-refractivity contribution in [3.63, 3.8) is 0 Å². The van der Waals surface area contributed by atoms with E-state index in [4.69, 9.17) is 0 Å². The van der Waals surface area contributed by atoms with Gasteiger partial charge in [0.25, 0.3) is 0 Å². The Morgan fingerprint density at radius 2 is 1.96 bits per heavy atom. The number of para-hydroxylation sites is 1. The summed E-state index contributed by atoms with van der Waals surface area (Å²) in [4.78, 5) is 4.19. The summed E-state index contributed by atoms with van der Waals surface area (Å²) in [7, 11) is 0. The number of aryl methyl sites for hydroxylation is 2. The average molecular weight is 321 g/mol. The molecule has 0 aliphatic heterocycles. The molecule has 4 nitrogen and oxygen atoms in total. The molecule has 0 aliphatic carbocycles. The van der Waals surface area contributed by atoms with Crippen LogP contribution in [0.5, 0.6) is 5.75 Å². The number of nitrogens with one attached hydrogen (secondary N) is 1. The molecule has 0 fully saturated rings. The number of alkyl halides is 3. The largest absolute Gasteiger partial charge is 0.573 e. The lowest BCUT2D eigenvalue weighted by Gasteiger charge is -2.15. The van der Waals surface area contributed by atoms with Gasteiger partial charge in [-0.05, 0) is 26.0 Å². The minimum atomic E-state index is -4.75. The number of benzene rings is 1. The van der Waals surface area contributed by atoms with Crippen LogP contribution in [0.15, 0.2) is 30.3 Å². The second-order valence-corrected chi connectivity index (χ2v) is 4.89. The summed E-state index contributed by atoms with van der Waals surface area (Å²) in [6.07, 6.45) is -4.75. The number of hydrogen-bond acceptors (Lipinski definition) is 4. The standard InChI is InChI=1S/C16H14F3N3O/c1-10-7-14(13(8-20)11(2)22-10)21-9-12-5-3-4-6-15(12)23-16(17,18)19/h3-7H,9H2,1-2H3,(H,21,22). The molecule has 0 unspecified atom stereocenters. The third-order valence-electron chi connectivity index (χ3n) is 3.11. The molecule has 2 rings (SSSR count). The Kier molecular flexibility index (Phi) is 4.74. The Labute approximate surface area is 131 Å². The topological polar surface area (TPSA) is 57.9 Å². The third-order valence-corrected chi connectivity index (χ3v) is 3.11. The molecular weight excluding hydrogens is 307 g/mol. The molecule has 0 spiro atoms. The summed E-state index contributed by atoms with van der Waals surface area (Å²) in [6, 6.07) is 9.58. The first-order valence-corrected chi connectivity index (χ1v) is 6.76. The van der Waals surface area contributed by atoms with Crippen LogP contribution in [0.3, 0.4) is 0 Å². The molecule has 0 saturated carbocycles. The lowest BCUT2D eigenvalue weighted by atomic mass is 10.1. The van der Waals surface area contributed by atoms with Crippen molar-refractivity contribution in [3.05, 3.63) is 52.8 Å². The highest BCUT2D eigenvalue weighted by Gasteiger charge is 2.31. The van der Waals surface area contributed by atoms with E-state index < -0.39 is 6.36 Å². The monoisotopic (exact) mass is 321 g/mol. The van der Waals surface area contributed by atoms with Crippen molar-refractivity contribution >= 4 is 5.69 Å². The van der Waals surface area contributed by atoms with Crippen molar-refractivity contribution in [2.24, 2.45) is 0 Å². The van der Waals surface area contributed by atoms with Gasteiger partial charge in [0.05, 0.1) is 16.9 Å². The lowest BCUT2D eigenvalue weighted by Crippen LogP contribution is -2.18. The zero-order valence-electron chi connectivity index (χ0n) is 12.5. The zero-order chi connectivity index (χ0) is 17.0. The fraction of sp³-hybridized carbons (Fsp3) is 0.250. The Bertz CT molecular complexity index is 751. The quantitative estimate of drug-likeness (QED) is 0.922. The second-order valence-electron chi connectivity index (χ2n) is 4.89. The molecule has 0 amide bonds. The fourth-order valence-electron chi connectivity index (χ4n) is 2.17. The average Bonchev–Trinajstić information content (AvgIpc) is 2.44. The number of nitrogens with zero attached hydrogens (tertiary/aromatic N) is 2. The SMILES string of the molecule is Cc1cc(NCc2ccccc2OC(F)(F)F)c(C#N)c(C)n1. The van der Waals surface area contributed by atoms with Crippen LogP contribution in [0.25, 0.3) is 0 Å². The maximum atomic E-state index is 12.4. The van der Waals surface area contributed by atoms with E-state index in [0.717, 1.165) is 0 Å². The van der Waals surface area contributed by atoms with Crippen LogP contribution in [-0.2, 0) is 6.54 Å². The van der Waals surface area contributed by atoms with Gasteiger partial charge in [0.1, 0.15) is 11.8 Å². The van der Waals surface area contributed by atoms with Crippen LogP contribution >= 0.6 is 0 Å². The molecular formula is C16H14F3N3O. The van der Waals surface area contributed by atoms with Crippen molar-refractivity contribution in [2.75, 3.05) is 5.32 Å². The van der Waals surface area contributed by atoms with Crippen LogP contribution in [0, 0.1) is 25.2 Å². The van der Waals surface area contributed by atoms with Crippen molar-refractivity contribution in [2.45, 2.75) is 26.8 Å². The first-order valence-electron chi connectivity index (χ1n) is 6.76. The first-order chi connectivity index (χ1) is 10.8. The van der Waals surface area contributed by atoms with Gasteiger partial charge >= 0.3 is 6.36 Å². The maximum absolute atomic E-state index is 12.4. The van der Waals surface area contributed by atoms with E-state index in [2.05, 4.69) is 15.0 Å². The minimum Gasteiger partial charge on any atom is -0.405 e. The molecule has 1 aromatic heterocycles. The number of nitriles is 1. The number of pyridine rings is 1. The second kappa shape index (κ2) is 6.57. The number of hydrogen-bond donors (Lipinski definition) is 1. The summed E-state index contributed by atoms with van der Waals surface area (Å²) >= 11 is 0. The molecule has 0 bridgehead atoms. The number of anilines is 1. The van der Waals surface area contributed by atoms with Gasteiger partial charge in [0.15, 0.2) is 0 Å². The van der Waals surface area contributed by atoms with Crippen molar-refractivity contribution in [1.82, 2.24) is 4.98 Å². The van der Waals surface area contributed by atoms with E-state index in [-0.39, 0.29) is 12.3 Å². The lowest BCUT2D eigenvalue weighted by molar-refractivity contribution is -0.274. The van der Waals surface area contributed by atoms with E-state index in [1.165, 1.54) is 18.2 Å². The summed E-state index contributed by atoms with van der Waals surface area (Å²) in [5, 5.41) is 12.2. The summed E-state index contributed by atoms with van der Waals surface area (Å²) in [6.45, 7) is 3.57. The van der Waals surface area contributed by atoms with Gasteiger partial charge in [-0.1, -0.05) is 18.2 Å². The number of halogens is 3. The third kappa shape index (κ3) is 4.36. The van der Waals surface area contributed by atoms with E-state index in [0.29, 0.717) is 28.2 Å². The molecule has 0 radical (unpaired) electrons. The zero-order valence-corrected chi connectivity index (χ0v) is 12.5. The Hall–Kier alpha value is -2.75. The molecule has 23 heavy (non-hydrogen) atoms. The first kappa shape index (κ1) is 16.6. The van der Waals surface area contributed by atoms with Crippen molar-refractivity contribution in [1.29, 1.82) is 5.26 Å². The fourth-order valence-corrected chi connectivity index (χ4v) is 2.17. The molecule has 1 heterocycles.